The first-order valence-electron chi connectivity index (χ1n) is 7.60. The van der Waals surface area contributed by atoms with Crippen LogP contribution in [0.2, 0.25) is 0 Å². The van der Waals surface area contributed by atoms with Gasteiger partial charge in [-0.15, -0.1) is 0 Å². The molecule has 0 radical (unpaired) electrons. The van der Waals surface area contributed by atoms with Gasteiger partial charge in [0.15, 0.2) is 0 Å². The number of piperidine rings is 1. The topological polar surface area (TPSA) is 58.4 Å². The van der Waals surface area contributed by atoms with Gasteiger partial charge in [-0.05, 0) is 55.6 Å². The summed E-state index contributed by atoms with van der Waals surface area (Å²) in [6.45, 7) is 5.12. The number of halogens is 1. The van der Waals surface area contributed by atoms with E-state index in [-0.39, 0.29) is 11.7 Å². The van der Waals surface area contributed by atoms with Crippen LogP contribution in [-0.2, 0) is 4.79 Å². The lowest BCUT2D eigenvalue weighted by molar-refractivity contribution is -0.117. The summed E-state index contributed by atoms with van der Waals surface area (Å²) in [5, 5.41) is 2.80. The first-order valence-corrected chi connectivity index (χ1v) is 7.60. The van der Waals surface area contributed by atoms with Crippen molar-refractivity contribution in [3.05, 3.63) is 30.1 Å². The van der Waals surface area contributed by atoms with E-state index in [1.54, 1.807) is 12.1 Å². The highest BCUT2D eigenvalue weighted by Gasteiger charge is 2.27. The van der Waals surface area contributed by atoms with E-state index in [9.17, 15) is 9.18 Å². The zero-order valence-corrected chi connectivity index (χ0v) is 12.5. The molecule has 1 amide bonds. The van der Waals surface area contributed by atoms with Gasteiger partial charge in [-0.25, -0.2) is 4.39 Å². The Morgan fingerprint density at radius 1 is 1.38 bits per heavy atom. The van der Waals surface area contributed by atoms with Crippen LogP contribution in [0, 0.1) is 17.7 Å². The summed E-state index contributed by atoms with van der Waals surface area (Å²) in [5.74, 6) is 0.791. The summed E-state index contributed by atoms with van der Waals surface area (Å²) >= 11 is 0. The molecule has 1 aliphatic heterocycles. The van der Waals surface area contributed by atoms with Crippen LogP contribution in [0.15, 0.2) is 24.3 Å². The average Bonchev–Trinajstić information content (AvgIpc) is 2.49. The minimum Gasteiger partial charge on any atom is -0.330 e. The van der Waals surface area contributed by atoms with Gasteiger partial charge in [-0.2, -0.15) is 0 Å². The lowest BCUT2D eigenvalue weighted by Crippen LogP contribution is -2.45. The fourth-order valence-electron chi connectivity index (χ4n) is 3.01. The number of likely N-dealkylation sites (tertiary alicyclic amines) is 1. The molecule has 1 heterocycles. The molecule has 116 valence electrons. The van der Waals surface area contributed by atoms with E-state index in [0.717, 1.165) is 32.5 Å². The monoisotopic (exact) mass is 293 g/mol. The SMILES string of the molecule is CCC1CN(CC(=O)Nc2ccc(F)cc2)CCC1CN. The Balaban J connectivity index is 1.84. The van der Waals surface area contributed by atoms with Gasteiger partial charge in [0, 0.05) is 12.2 Å². The lowest BCUT2D eigenvalue weighted by Gasteiger charge is -2.37. The molecule has 0 bridgehead atoms. The van der Waals surface area contributed by atoms with Gasteiger partial charge < -0.3 is 11.1 Å². The number of carbonyl (C=O) groups is 1. The first-order chi connectivity index (χ1) is 10.1. The van der Waals surface area contributed by atoms with Gasteiger partial charge in [0.25, 0.3) is 0 Å². The second kappa shape index (κ2) is 7.52. The first kappa shape index (κ1) is 15.9. The zero-order chi connectivity index (χ0) is 15.2. The summed E-state index contributed by atoms with van der Waals surface area (Å²) in [7, 11) is 0. The third kappa shape index (κ3) is 4.51. The quantitative estimate of drug-likeness (QED) is 0.874. The van der Waals surface area contributed by atoms with Crippen LogP contribution in [0.4, 0.5) is 10.1 Å². The molecular formula is C16H24FN3O. The normalized spacial score (nSPS) is 23.0. The molecule has 0 saturated carbocycles. The average molecular weight is 293 g/mol. The van der Waals surface area contributed by atoms with Crippen molar-refractivity contribution in [1.82, 2.24) is 4.90 Å². The largest absolute Gasteiger partial charge is 0.330 e. The number of nitrogens with two attached hydrogens (primary N) is 1. The van der Waals surface area contributed by atoms with E-state index < -0.39 is 0 Å². The number of amides is 1. The van der Waals surface area contributed by atoms with Gasteiger partial charge >= 0.3 is 0 Å². The summed E-state index contributed by atoms with van der Waals surface area (Å²) < 4.78 is 12.8. The van der Waals surface area contributed by atoms with Gasteiger partial charge in [0.1, 0.15) is 5.82 Å². The Kier molecular flexibility index (Phi) is 5.70. The highest BCUT2D eigenvalue weighted by molar-refractivity contribution is 5.92. The van der Waals surface area contributed by atoms with Gasteiger partial charge in [-0.3, -0.25) is 9.69 Å². The maximum Gasteiger partial charge on any atom is 0.238 e. The Labute approximate surface area is 125 Å². The number of benzene rings is 1. The van der Waals surface area contributed by atoms with Crippen LogP contribution in [0.5, 0.6) is 0 Å². The standard InChI is InChI=1S/C16H24FN3O/c1-2-12-10-20(8-7-13(12)9-18)11-16(21)19-15-5-3-14(17)4-6-15/h3-6,12-13H,2,7-11,18H2,1H3,(H,19,21). The van der Waals surface area contributed by atoms with Crippen LogP contribution in [-0.4, -0.2) is 37.0 Å². The molecule has 2 atom stereocenters. The molecule has 3 N–H and O–H groups in total. The summed E-state index contributed by atoms with van der Waals surface area (Å²) in [5.41, 5.74) is 6.43. The second-order valence-electron chi connectivity index (χ2n) is 5.74. The van der Waals surface area contributed by atoms with Crippen molar-refractivity contribution in [1.29, 1.82) is 0 Å². The van der Waals surface area contributed by atoms with Gasteiger partial charge in [0.05, 0.1) is 6.54 Å². The highest BCUT2D eigenvalue weighted by Crippen LogP contribution is 2.25. The Morgan fingerprint density at radius 3 is 2.71 bits per heavy atom. The van der Waals surface area contributed by atoms with Crippen LogP contribution < -0.4 is 11.1 Å². The minimum atomic E-state index is -0.303. The van der Waals surface area contributed by atoms with Crippen molar-refractivity contribution in [2.45, 2.75) is 19.8 Å². The molecule has 5 heteroatoms. The smallest absolute Gasteiger partial charge is 0.238 e. The fraction of sp³-hybridized carbons (Fsp3) is 0.562. The number of rotatable bonds is 5. The molecule has 4 nitrogen and oxygen atoms in total. The molecule has 0 spiro atoms. The second-order valence-corrected chi connectivity index (χ2v) is 5.74. The molecule has 1 fully saturated rings. The molecule has 1 aliphatic rings. The van der Waals surface area contributed by atoms with E-state index in [0.29, 0.717) is 24.1 Å². The molecule has 1 aromatic carbocycles. The maximum absolute atomic E-state index is 12.8. The Morgan fingerprint density at radius 2 is 2.10 bits per heavy atom. The molecule has 0 aromatic heterocycles. The molecule has 2 unspecified atom stereocenters. The summed E-state index contributed by atoms with van der Waals surface area (Å²) in [6.07, 6.45) is 2.15. The van der Waals surface area contributed by atoms with Crippen molar-refractivity contribution >= 4 is 11.6 Å². The van der Waals surface area contributed by atoms with E-state index in [2.05, 4.69) is 17.1 Å². The zero-order valence-electron chi connectivity index (χ0n) is 12.5. The number of nitrogens with zero attached hydrogens (tertiary/aromatic N) is 1. The lowest BCUT2D eigenvalue weighted by atomic mass is 9.84. The van der Waals surface area contributed by atoms with E-state index >= 15 is 0 Å². The Hall–Kier alpha value is -1.46. The van der Waals surface area contributed by atoms with Crippen LogP contribution >= 0.6 is 0 Å². The number of carbonyl (C=O) groups excluding carboxylic acids is 1. The third-order valence-electron chi connectivity index (χ3n) is 4.30. The fourth-order valence-corrected chi connectivity index (χ4v) is 3.01. The van der Waals surface area contributed by atoms with Crippen molar-refractivity contribution in [2.24, 2.45) is 17.6 Å². The summed E-state index contributed by atoms with van der Waals surface area (Å²) in [6, 6.07) is 5.83. The molecular weight excluding hydrogens is 269 g/mol. The van der Waals surface area contributed by atoms with E-state index in [1.807, 2.05) is 0 Å². The number of hydrogen-bond donors (Lipinski definition) is 2. The summed E-state index contributed by atoms with van der Waals surface area (Å²) in [4.78, 5) is 14.2. The van der Waals surface area contributed by atoms with Gasteiger partial charge in [-0.1, -0.05) is 13.3 Å². The highest BCUT2D eigenvalue weighted by atomic mass is 19.1. The van der Waals surface area contributed by atoms with Crippen molar-refractivity contribution < 1.29 is 9.18 Å². The van der Waals surface area contributed by atoms with Crippen molar-refractivity contribution in [3.8, 4) is 0 Å². The van der Waals surface area contributed by atoms with Gasteiger partial charge in [0.2, 0.25) is 5.91 Å². The molecule has 1 aromatic rings. The molecule has 21 heavy (non-hydrogen) atoms. The molecule has 0 aliphatic carbocycles. The van der Waals surface area contributed by atoms with E-state index in [4.69, 9.17) is 5.73 Å². The molecule has 1 saturated heterocycles. The van der Waals surface area contributed by atoms with Crippen molar-refractivity contribution in [2.75, 3.05) is 31.5 Å². The number of hydrogen-bond acceptors (Lipinski definition) is 3. The Bertz CT molecular complexity index is 463. The predicted octanol–water partition coefficient (Wildman–Crippen LogP) is 2.07. The third-order valence-corrected chi connectivity index (χ3v) is 4.30. The number of nitrogens with one attached hydrogen (secondary N) is 1. The number of anilines is 1. The van der Waals surface area contributed by atoms with E-state index in [1.165, 1.54) is 12.1 Å². The van der Waals surface area contributed by atoms with Crippen LogP contribution in [0.3, 0.4) is 0 Å². The van der Waals surface area contributed by atoms with Crippen LogP contribution in [0.1, 0.15) is 19.8 Å². The molecule has 2 rings (SSSR count). The minimum absolute atomic E-state index is 0.0531. The van der Waals surface area contributed by atoms with Crippen molar-refractivity contribution in [3.63, 3.8) is 0 Å². The van der Waals surface area contributed by atoms with Crippen LogP contribution in [0.25, 0.3) is 0 Å². The predicted molar refractivity (Wildman–Crippen MR) is 82.4 cm³/mol. The maximum atomic E-state index is 12.8.